The van der Waals surface area contributed by atoms with Gasteiger partial charge < -0.3 is 10.6 Å². The molecule has 1 aliphatic rings. The third kappa shape index (κ3) is 4.83. The van der Waals surface area contributed by atoms with Crippen LogP contribution in [0.2, 0.25) is 0 Å². The van der Waals surface area contributed by atoms with Gasteiger partial charge in [-0.2, -0.15) is 0 Å². The van der Waals surface area contributed by atoms with Crippen molar-refractivity contribution < 1.29 is 4.79 Å². The van der Waals surface area contributed by atoms with Crippen LogP contribution in [-0.4, -0.2) is 29.4 Å². The fourth-order valence-corrected chi connectivity index (χ4v) is 3.67. The lowest BCUT2D eigenvalue weighted by atomic mass is 9.93. The molecule has 2 aromatic rings. The van der Waals surface area contributed by atoms with E-state index in [9.17, 15) is 4.79 Å². The number of rotatable bonds is 5. The Labute approximate surface area is 156 Å². The molecule has 0 aliphatic carbocycles. The number of amides is 1. The predicted octanol–water partition coefficient (Wildman–Crippen LogP) is 3.46. The summed E-state index contributed by atoms with van der Waals surface area (Å²) in [5.74, 6) is 0.599. The van der Waals surface area contributed by atoms with Gasteiger partial charge in [0.05, 0.1) is 6.04 Å². The van der Waals surface area contributed by atoms with Gasteiger partial charge in [0.15, 0.2) is 0 Å². The number of benzene rings is 2. The Morgan fingerprint density at radius 1 is 1.08 bits per heavy atom. The molecule has 4 heteroatoms. The van der Waals surface area contributed by atoms with Gasteiger partial charge in [-0.3, -0.25) is 4.79 Å². The average molecular weight is 359 g/mol. The van der Waals surface area contributed by atoms with E-state index in [2.05, 4.69) is 31.2 Å². The van der Waals surface area contributed by atoms with Gasteiger partial charge in [0.25, 0.3) is 0 Å². The van der Waals surface area contributed by atoms with Crippen molar-refractivity contribution >= 4 is 18.3 Å². The first-order valence-corrected chi connectivity index (χ1v) is 8.79. The topological polar surface area (TPSA) is 46.3 Å². The van der Waals surface area contributed by atoms with Crippen LogP contribution >= 0.6 is 12.4 Å². The highest BCUT2D eigenvalue weighted by molar-refractivity contribution is 5.85. The zero-order chi connectivity index (χ0) is 16.9. The molecular formula is C21H27ClN2O. The van der Waals surface area contributed by atoms with E-state index in [4.69, 9.17) is 5.73 Å². The number of likely N-dealkylation sites (tertiary alicyclic amines) is 1. The number of carbonyl (C=O) groups excluding carboxylic acids is 1. The van der Waals surface area contributed by atoms with Gasteiger partial charge in [-0.1, -0.05) is 60.7 Å². The second-order valence-electron chi connectivity index (χ2n) is 6.81. The summed E-state index contributed by atoms with van der Waals surface area (Å²) in [7, 11) is 0. The van der Waals surface area contributed by atoms with E-state index < -0.39 is 6.04 Å². The van der Waals surface area contributed by atoms with Gasteiger partial charge >= 0.3 is 0 Å². The van der Waals surface area contributed by atoms with E-state index in [1.165, 1.54) is 5.56 Å². The first-order valence-electron chi connectivity index (χ1n) is 8.79. The molecule has 1 fully saturated rings. The summed E-state index contributed by atoms with van der Waals surface area (Å²) in [6.45, 7) is 2.98. The monoisotopic (exact) mass is 358 g/mol. The number of hydrogen-bond acceptors (Lipinski definition) is 2. The van der Waals surface area contributed by atoms with Crippen LogP contribution in [-0.2, 0) is 17.6 Å². The van der Waals surface area contributed by atoms with Crippen molar-refractivity contribution in [3.63, 3.8) is 0 Å². The number of carbonyl (C=O) groups is 1. The number of hydrogen-bond donors (Lipinski definition) is 1. The zero-order valence-electron chi connectivity index (χ0n) is 14.7. The molecule has 134 valence electrons. The predicted molar refractivity (Wildman–Crippen MR) is 105 cm³/mol. The first kappa shape index (κ1) is 19.5. The third-order valence-electron chi connectivity index (χ3n) is 5.15. The molecule has 1 aliphatic heterocycles. The molecule has 0 saturated carbocycles. The summed E-state index contributed by atoms with van der Waals surface area (Å²) in [5, 5.41) is 0. The van der Waals surface area contributed by atoms with Crippen LogP contribution in [0.4, 0.5) is 0 Å². The second-order valence-corrected chi connectivity index (χ2v) is 6.81. The molecule has 1 heterocycles. The van der Waals surface area contributed by atoms with E-state index >= 15 is 0 Å². The van der Waals surface area contributed by atoms with Crippen molar-refractivity contribution in [1.29, 1.82) is 0 Å². The number of halogens is 1. The van der Waals surface area contributed by atoms with Crippen molar-refractivity contribution in [3.05, 3.63) is 71.8 Å². The average Bonchev–Trinajstić information content (AvgIpc) is 2.96. The third-order valence-corrected chi connectivity index (χ3v) is 5.15. The van der Waals surface area contributed by atoms with E-state index in [0.717, 1.165) is 24.9 Å². The molecule has 2 aromatic carbocycles. The highest BCUT2D eigenvalue weighted by Gasteiger charge is 2.35. The lowest BCUT2D eigenvalue weighted by Crippen LogP contribution is -2.47. The maximum absolute atomic E-state index is 12.8. The van der Waals surface area contributed by atoms with Gasteiger partial charge in [-0.05, 0) is 43.2 Å². The molecule has 0 spiro atoms. The molecule has 0 radical (unpaired) electrons. The van der Waals surface area contributed by atoms with Crippen molar-refractivity contribution in [2.45, 2.75) is 38.3 Å². The zero-order valence-corrected chi connectivity index (χ0v) is 15.5. The summed E-state index contributed by atoms with van der Waals surface area (Å²) in [6.07, 6.45) is 2.69. The van der Waals surface area contributed by atoms with E-state index in [-0.39, 0.29) is 24.4 Å². The molecule has 0 bridgehead atoms. The van der Waals surface area contributed by atoms with Gasteiger partial charge in [-0.15, -0.1) is 12.4 Å². The highest BCUT2D eigenvalue weighted by Crippen LogP contribution is 2.28. The molecule has 3 rings (SSSR count). The lowest BCUT2D eigenvalue weighted by Gasteiger charge is -2.27. The van der Waals surface area contributed by atoms with Crippen LogP contribution in [0, 0.1) is 5.92 Å². The highest BCUT2D eigenvalue weighted by atomic mass is 35.5. The summed E-state index contributed by atoms with van der Waals surface area (Å²) >= 11 is 0. The van der Waals surface area contributed by atoms with E-state index in [1.54, 1.807) is 0 Å². The molecule has 2 N–H and O–H groups in total. The number of nitrogens with zero attached hydrogens (tertiary/aromatic N) is 1. The largest absolute Gasteiger partial charge is 0.338 e. The molecule has 25 heavy (non-hydrogen) atoms. The van der Waals surface area contributed by atoms with Gasteiger partial charge in [0.1, 0.15) is 0 Å². The minimum absolute atomic E-state index is 0. The Kier molecular flexibility index (Phi) is 7.03. The van der Waals surface area contributed by atoms with Crippen LogP contribution in [0.5, 0.6) is 0 Å². The van der Waals surface area contributed by atoms with Gasteiger partial charge in [0, 0.05) is 12.6 Å². The lowest BCUT2D eigenvalue weighted by molar-refractivity contribution is -0.133. The molecule has 3 nitrogen and oxygen atoms in total. The fourth-order valence-electron chi connectivity index (χ4n) is 3.67. The normalized spacial score (nSPS) is 20.8. The molecule has 0 aromatic heterocycles. The maximum atomic E-state index is 12.8. The Morgan fingerprint density at radius 2 is 1.64 bits per heavy atom. The minimum atomic E-state index is -0.453. The van der Waals surface area contributed by atoms with Crippen molar-refractivity contribution in [2.75, 3.05) is 6.54 Å². The Balaban J connectivity index is 0.00000225. The maximum Gasteiger partial charge on any atom is 0.240 e. The van der Waals surface area contributed by atoms with Crippen LogP contribution in [0.25, 0.3) is 0 Å². The van der Waals surface area contributed by atoms with Crippen molar-refractivity contribution in [3.8, 4) is 0 Å². The van der Waals surface area contributed by atoms with Crippen molar-refractivity contribution in [2.24, 2.45) is 11.7 Å². The molecular weight excluding hydrogens is 332 g/mol. The Bertz CT molecular complexity index is 662. The standard InChI is InChI=1S/C21H26N2O.ClH/c1-16-19(14-17-8-4-2-5-9-17)12-13-23(16)21(24)20(22)15-18-10-6-3-7-11-18;/h2-11,16,19-20H,12-15,22H2,1H3;1H/t16?,19?,20-;/m0./s1. The molecule has 3 atom stereocenters. The SMILES string of the molecule is CC1C(Cc2ccccc2)CCN1C(=O)[C@@H](N)Cc1ccccc1.Cl. The van der Waals surface area contributed by atoms with Crippen LogP contribution in [0.3, 0.4) is 0 Å². The summed E-state index contributed by atoms with van der Waals surface area (Å²) in [4.78, 5) is 14.7. The summed E-state index contributed by atoms with van der Waals surface area (Å²) in [5.41, 5.74) is 8.66. The van der Waals surface area contributed by atoms with Crippen LogP contribution in [0.15, 0.2) is 60.7 Å². The molecule has 2 unspecified atom stereocenters. The van der Waals surface area contributed by atoms with Crippen LogP contribution < -0.4 is 5.73 Å². The minimum Gasteiger partial charge on any atom is -0.338 e. The molecule has 1 amide bonds. The summed E-state index contributed by atoms with van der Waals surface area (Å²) < 4.78 is 0. The van der Waals surface area contributed by atoms with E-state index in [1.807, 2.05) is 41.3 Å². The van der Waals surface area contributed by atoms with Crippen LogP contribution in [0.1, 0.15) is 24.5 Å². The van der Waals surface area contributed by atoms with Gasteiger partial charge in [-0.25, -0.2) is 0 Å². The molecule has 1 saturated heterocycles. The van der Waals surface area contributed by atoms with Gasteiger partial charge in [0.2, 0.25) is 5.91 Å². The fraction of sp³-hybridized carbons (Fsp3) is 0.381. The Hall–Kier alpha value is -1.84. The smallest absolute Gasteiger partial charge is 0.240 e. The quantitative estimate of drug-likeness (QED) is 0.889. The summed E-state index contributed by atoms with van der Waals surface area (Å²) in [6, 6.07) is 20.3. The van der Waals surface area contributed by atoms with Crippen molar-refractivity contribution in [1.82, 2.24) is 4.90 Å². The first-order chi connectivity index (χ1) is 11.6. The van der Waals surface area contributed by atoms with E-state index in [0.29, 0.717) is 12.3 Å². The number of nitrogens with two attached hydrogens (primary N) is 1. The Morgan fingerprint density at radius 3 is 2.24 bits per heavy atom. The second kappa shape index (κ2) is 9.02.